The fourth-order valence-corrected chi connectivity index (χ4v) is 2.33. The fraction of sp³-hybridized carbons (Fsp3) is 0.846. The number of amides is 2. The maximum absolute atomic E-state index is 12.0. The van der Waals surface area contributed by atoms with Crippen LogP contribution in [0.1, 0.15) is 45.4 Å². The van der Waals surface area contributed by atoms with Gasteiger partial charge >= 0.3 is 12.0 Å². The number of carboxylic acids is 1. The smallest absolute Gasteiger partial charge is 0.329 e. The maximum atomic E-state index is 12.0. The Balaban J connectivity index is 2.58. The zero-order valence-corrected chi connectivity index (χ0v) is 11.7. The molecule has 2 amide bonds. The second kappa shape index (κ2) is 6.75. The Labute approximate surface area is 113 Å². The van der Waals surface area contributed by atoms with Crippen LogP contribution in [0.5, 0.6) is 0 Å². The Morgan fingerprint density at radius 2 is 1.89 bits per heavy atom. The van der Waals surface area contributed by atoms with Crippen LogP contribution in [0.3, 0.4) is 0 Å². The van der Waals surface area contributed by atoms with E-state index in [0.717, 1.165) is 19.3 Å². The maximum Gasteiger partial charge on any atom is 0.329 e. The van der Waals surface area contributed by atoms with Gasteiger partial charge < -0.3 is 20.4 Å². The number of rotatable bonds is 5. The molecule has 0 aromatic rings. The zero-order chi connectivity index (χ0) is 14.5. The van der Waals surface area contributed by atoms with Crippen LogP contribution in [0, 0.1) is 0 Å². The van der Waals surface area contributed by atoms with Crippen LogP contribution < -0.4 is 5.32 Å². The zero-order valence-electron chi connectivity index (χ0n) is 11.7. The highest BCUT2D eigenvalue weighted by Gasteiger charge is 2.41. The predicted octanol–water partition coefficient (Wildman–Crippen LogP) is 1.19. The van der Waals surface area contributed by atoms with Crippen LogP contribution >= 0.6 is 0 Å². The van der Waals surface area contributed by atoms with E-state index in [4.69, 9.17) is 0 Å². The summed E-state index contributed by atoms with van der Waals surface area (Å²) in [5.41, 5.74) is -1.12. The Morgan fingerprint density at radius 1 is 1.32 bits per heavy atom. The van der Waals surface area contributed by atoms with Crippen LogP contribution in [-0.4, -0.2) is 52.3 Å². The third kappa shape index (κ3) is 4.38. The molecule has 0 heterocycles. The van der Waals surface area contributed by atoms with Gasteiger partial charge in [-0.05, 0) is 26.2 Å². The molecule has 1 atom stereocenters. The SMILES string of the molecule is CC(O)CCN(C)C(=O)NC1(C(=O)O)CCCCC1. The quantitative estimate of drug-likeness (QED) is 0.701. The number of hydrogen-bond donors (Lipinski definition) is 3. The number of nitrogens with zero attached hydrogens (tertiary/aromatic N) is 1. The second-order valence-corrected chi connectivity index (χ2v) is 5.44. The van der Waals surface area contributed by atoms with Gasteiger partial charge in [0.25, 0.3) is 0 Å². The van der Waals surface area contributed by atoms with E-state index in [9.17, 15) is 19.8 Å². The summed E-state index contributed by atoms with van der Waals surface area (Å²) < 4.78 is 0. The molecule has 0 aromatic heterocycles. The van der Waals surface area contributed by atoms with Gasteiger partial charge in [0.1, 0.15) is 5.54 Å². The molecule has 6 nitrogen and oxygen atoms in total. The molecule has 0 aliphatic heterocycles. The monoisotopic (exact) mass is 272 g/mol. The number of carbonyl (C=O) groups is 2. The second-order valence-electron chi connectivity index (χ2n) is 5.44. The van der Waals surface area contributed by atoms with E-state index in [1.54, 1.807) is 14.0 Å². The lowest BCUT2D eigenvalue weighted by Gasteiger charge is -2.35. The first-order valence-corrected chi connectivity index (χ1v) is 6.82. The molecule has 1 rings (SSSR count). The molecule has 0 aromatic carbocycles. The predicted molar refractivity (Wildman–Crippen MR) is 70.9 cm³/mol. The molecule has 0 bridgehead atoms. The van der Waals surface area contributed by atoms with Crippen molar-refractivity contribution in [3.8, 4) is 0 Å². The van der Waals surface area contributed by atoms with Crippen molar-refractivity contribution in [2.24, 2.45) is 0 Å². The number of carbonyl (C=O) groups excluding carboxylic acids is 1. The summed E-state index contributed by atoms with van der Waals surface area (Å²) in [6.07, 6.45) is 3.63. The summed E-state index contributed by atoms with van der Waals surface area (Å²) in [5, 5.41) is 21.2. The number of hydrogen-bond acceptors (Lipinski definition) is 3. The molecule has 1 aliphatic rings. The third-order valence-corrected chi connectivity index (χ3v) is 3.69. The lowest BCUT2D eigenvalue weighted by Crippen LogP contribution is -2.58. The number of carboxylic acid groups (broad SMARTS) is 1. The van der Waals surface area contributed by atoms with Gasteiger partial charge in [0.2, 0.25) is 0 Å². The summed E-state index contributed by atoms with van der Waals surface area (Å²) >= 11 is 0. The minimum absolute atomic E-state index is 0.384. The number of aliphatic hydroxyl groups excluding tert-OH is 1. The summed E-state index contributed by atoms with van der Waals surface area (Å²) in [6, 6.07) is -0.384. The number of aliphatic hydroxyl groups is 1. The average Bonchev–Trinajstić information content (AvgIpc) is 2.36. The van der Waals surface area contributed by atoms with E-state index < -0.39 is 17.6 Å². The van der Waals surface area contributed by atoms with E-state index in [1.807, 2.05) is 0 Å². The van der Waals surface area contributed by atoms with Crippen LogP contribution in [0.2, 0.25) is 0 Å². The molecule has 0 spiro atoms. The highest BCUT2D eigenvalue weighted by atomic mass is 16.4. The van der Waals surface area contributed by atoms with Gasteiger partial charge in [0.15, 0.2) is 0 Å². The molecular formula is C13H24N2O4. The molecule has 1 unspecified atom stereocenters. The van der Waals surface area contributed by atoms with Gasteiger partial charge in [-0.1, -0.05) is 19.3 Å². The van der Waals surface area contributed by atoms with Crippen molar-refractivity contribution >= 4 is 12.0 Å². The molecule has 110 valence electrons. The van der Waals surface area contributed by atoms with Gasteiger partial charge in [0.05, 0.1) is 6.10 Å². The molecule has 19 heavy (non-hydrogen) atoms. The molecule has 0 radical (unpaired) electrons. The van der Waals surface area contributed by atoms with Crippen molar-refractivity contribution in [1.82, 2.24) is 10.2 Å². The van der Waals surface area contributed by atoms with Crippen LogP contribution in [0.4, 0.5) is 4.79 Å². The van der Waals surface area contributed by atoms with E-state index in [-0.39, 0.29) is 6.03 Å². The first kappa shape index (κ1) is 15.8. The molecule has 6 heteroatoms. The lowest BCUT2D eigenvalue weighted by atomic mass is 9.82. The number of urea groups is 1. The van der Waals surface area contributed by atoms with Gasteiger partial charge in [-0.3, -0.25) is 0 Å². The summed E-state index contributed by atoms with van der Waals surface area (Å²) in [5.74, 6) is -0.954. The van der Waals surface area contributed by atoms with Gasteiger partial charge in [-0.2, -0.15) is 0 Å². The van der Waals surface area contributed by atoms with Crippen molar-refractivity contribution in [2.75, 3.05) is 13.6 Å². The highest BCUT2D eigenvalue weighted by molar-refractivity contribution is 5.86. The Morgan fingerprint density at radius 3 is 2.37 bits per heavy atom. The van der Waals surface area contributed by atoms with E-state index in [0.29, 0.717) is 25.8 Å². The van der Waals surface area contributed by atoms with Crippen molar-refractivity contribution < 1.29 is 19.8 Å². The minimum atomic E-state index is -1.12. The number of aliphatic carboxylic acids is 1. The molecule has 3 N–H and O–H groups in total. The Bertz CT molecular complexity index is 325. The largest absolute Gasteiger partial charge is 0.480 e. The van der Waals surface area contributed by atoms with Crippen molar-refractivity contribution in [2.45, 2.75) is 57.1 Å². The average molecular weight is 272 g/mol. The standard InChI is InChI=1S/C13H24N2O4/c1-10(16)6-9-15(2)12(19)14-13(11(17)18)7-4-3-5-8-13/h10,16H,3-9H2,1-2H3,(H,14,19)(H,17,18). The van der Waals surface area contributed by atoms with E-state index >= 15 is 0 Å². The van der Waals surface area contributed by atoms with Gasteiger partial charge in [0, 0.05) is 13.6 Å². The van der Waals surface area contributed by atoms with Crippen LogP contribution in [-0.2, 0) is 4.79 Å². The third-order valence-electron chi connectivity index (χ3n) is 3.69. The molecular weight excluding hydrogens is 248 g/mol. The number of nitrogens with one attached hydrogen (secondary N) is 1. The van der Waals surface area contributed by atoms with Crippen LogP contribution in [0.25, 0.3) is 0 Å². The Kier molecular flexibility index (Phi) is 5.60. The lowest BCUT2D eigenvalue weighted by molar-refractivity contribution is -0.145. The topological polar surface area (TPSA) is 89.9 Å². The molecule has 1 saturated carbocycles. The first-order chi connectivity index (χ1) is 8.87. The van der Waals surface area contributed by atoms with Gasteiger partial charge in [-0.25, -0.2) is 9.59 Å². The summed E-state index contributed by atoms with van der Waals surface area (Å²) in [6.45, 7) is 2.06. The van der Waals surface area contributed by atoms with Crippen molar-refractivity contribution in [3.63, 3.8) is 0 Å². The molecule has 0 saturated heterocycles. The normalized spacial score (nSPS) is 19.5. The van der Waals surface area contributed by atoms with E-state index in [1.165, 1.54) is 4.90 Å². The Hall–Kier alpha value is -1.30. The van der Waals surface area contributed by atoms with Crippen molar-refractivity contribution in [1.29, 1.82) is 0 Å². The summed E-state index contributed by atoms with van der Waals surface area (Å²) in [4.78, 5) is 24.9. The highest BCUT2D eigenvalue weighted by Crippen LogP contribution is 2.28. The van der Waals surface area contributed by atoms with Crippen molar-refractivity contribution in [3.05, 3.63) is 0 Å². The molecule has 1 fully saturated rings. The first-order valence-electron chi connectivity index (χ1n) is 6.82. The minimum Gasteiger partial charge on any atom is -0.480 e. The van der Waals surface area contributed by atoms with Gasteiger partial charge in [-0.15, -0.1) is 0 Å². The van der Waals surface area contributed by atoms with E-state index in [2.05, 4.69) is 5.32 Å². The summed E-state index contributed by atoms with van der Waals surface area (Å²) in [7, 11) is 1.61. The molecule has 1 aliphatic carbocycles. The fourth-order valence-electron chi connectivity index (χ4n) is 2.33. The van der Waals surface area contributed by atoms with Crippen LogP contribution in [0.15, 0.2) is 0 Å².